The van der Waals surface area contributed by atoms with E-state index in [1.165, 1.54) is 125 Å². The summed E-state index contributed by atoms with van der Waals surface area (Å²) in [5.41, 5.74) is 19.2. The molecule has 0 N–H and O–H groups in total. The lowest BCUT2D eigenvalue weighted by Gasteiger charge is -2.15. The standard InChI is InChI=1S/C63H42N2S/c1-2-18-48-47(17-1)49(31-27-40-13-11-15-45(35-40)64-58-23-7-3-19-51(58)52-20-4-8-24-59(52)64)50-32-28-42(37-55(48)50)43-29-33-61-56(38-43)53-21-5-9-25-60(53)65(61)46-16-12-14-41(36-46)44-30-34-63-57(39-44)54-22-6-10-26-62(54)66-63/h1-26,28-30,32-39,49H,27,31H2. The number of nitrogens with zero attached hydrogens (tertiary/aromatic N) is 2. The summed E-state index contributed by atoms with van der Waals surface area (Å²) in [5, 5.41) is 7.77. The highest BCUT2D eigenvalue weighted by molar-refractivity contribution is 7.25. The average Bonchev–Trinajstić information content (AvgIpc) is 4.12. The Hall–Kier alpha value is -7.98. The Morgan fingerprint density at radius 1 is 0.333 bits per heavy atom. The van der Waals surface area contributed by atoms with Crippen LogP contribution in [0, 0.1) is 0 Å². The third kappa shape index (κ3) is 5.80. The van der Waals surface area contributed by atoms with Gasteiger partial charge in [-0.05, 0) is 142 Å². The zero-order valence-electron chi connectivity index (χ0n) is 36.2. The number of hydrogen-bond acceptors (Lipinski definition) is 1. The SMILES string of the molecule is c1cc(CCC2c3ccccc3-c3cc(-c4ccc5c(c4)c4ccccc4n5-c4cccc(-c5ccc6sc7ccccc7c6c5)c4)ccc32)cc(-n2c3ccccc3c3ccccc32)c1. The second kappa shape index (κ2) is 14.8. The second-order valence-corrected chi connectivity index (χ2v) is 19.0. The normalized spacial score (nSPS) is 13.4. The molecule has 13 aromatic rings. The molecular formula is C63H42N2S. The van der Waals surface area contributed by atoms with Crippen LogP contribution in [0.2, 0.25) is 0 Å². The van der Waals surface area contributed by atoms with E-state index in [9.17, 15) is 0 Å². The lowest BCUT2D eigenvalue weighted by molar-refractivity contribution is 0.729. The Morgan fingerprint density at radius 3 is 1.64 bits per heavy atom. The van der Waals surface area contributed by atoms with Gasteiger partial charge in [-0.3, -0.25) is 0 Å². The van der Waals surface area contributed by atoms with E-state index in [0.29, 0.717) is 5.92 Å². The maximum Gasteiger partial charge on any atom is 0.0541 e. The van der Waals surface area contributed by atoms with Crippen LogP contribution in [0.15, 0.2) is 224 Å². The molecule has 1 aliphatic carbocycles. The van der Waals surface area contributed by atoms with Crippen molar-refractivity contribution in [1.82, 2.24) is 9.13 Å². The number of aryl methyl sites for hydroxylation is 1. The monoisotopic (exact) mass is 858 g/mol. The van der Waals surface area contributed by atoms with E-state index in [0.717, 1.165) is 12.8 Å². The van der Waals surface area contributed by atoms with Crippen LogP contribution in [-0.2, 0) is 6.42 Å². The zero-order chi connectivity index (χ0) is 43.3. The highest BCUT2D eigenvalue weighted by Gasteiger charge is 2.29. The molecule has 10 aromatic carbocycles. The van der Waals surface area contributed by atoms with Crippen LogP contribution in [0.3, 0.4) is 0 Å². The van der Waals surface area contributed by atoms with E-state index in [4.69, 9.17) is 0 Å². The van der Waals surface area contributed by atoms with Crippen LogP contribution >= 0.6 is 11.3 Å². The predicted octanol–water partition coefficient (Wildman–Crippen LogP) is 17.3. The number of fused-ring (bicyclic) bond motifs is 12. The molecule has 66 heavy (non-hydrogen) atoms. The van der Waals surface area contributed by atoms with Gasteiger partial charge in [0.15, 0.2) is 0 Å². The van der Waals surface area contributed by atoms with Crippen molar-refractivity contribution >= 4 is 75.1 Å². The van der Waals surface area contributed by atoms with Crippen LogP contribution < -0.4 is 0 Å². The van der Waals surface area contributed by atoms with Crippen molar-refractivity contribution in [3.63, 3.8) is 0 Å². The van der Waals surface area contributed by atoms with E-state index >= 15 is 0 Å². The first-order valence-electron chi connectivity index (χ1n) is 23.1. The Labute approximate surface area is 386 Å². The van der Waals surface area contributed by atoms with Crippen LogP contribution in [0.1, 0.15) is 29.0 Å². The van der Waals surface area contributed by atoms with Gasteiger partial charge in [0.1, 0.15) is 0 Å². The van der Waals surface area contributed by atoms with Crippen molar-refractivity contribution in [2.75, 3.05) is 0 Å². The van der Waals surface area contributed by atoms with Crippen LogP contribution in [0.25, 0.3) is 109 Å². The van der Waals surface area contributed by atoms with Crippen molar-refractivity contribution in [3.8, 4) is 44.8 Å². The highest BCUT2D eigenvalue weighted by atomic mass is 32.1. The van der Waals surface area contributed by atoms with E-state index in [1.807, 2.05) is 11.3 Å². The molecule has 310 valence electrons. The van der Waals surface area contributed by atoms with Crippen molar-refractivity contribution in [3.05, 3.63) is 241 Å². The van der Waals surface area contributed by atoms with Gasteiger partial charge in [-0.25, -0.2) is 0 Å². The number of rotatable bonds is 7. The van der Waals surface area contributed by atoms with Crippen LogP contribution in [0.5, 0.6) is 0 Å². The van der Waals surface area contributed by atoms with Gasteiger partial charge in [-0.1, -0.05) is 146 Å². The summed E-state index contributed by atoms with van der Waals surface area (Å²) >= 11 is 1.87. The van der Waals surface area contributed by atoms with Gasteiger partial charge < -0.3 is 9.13 Å². The van der Waals surface area contributed by atoms with Gasteiger partial charge in [0.2, 0.25) is 0 Å². The number of para-hydroxylation sites is 3. The molecule has 3 heteroatoms. The highest BCUT2D eigenvalue weighted by Crippen LogP contribution is 2.49. The van der Waals surface area contributed by atoms with Gasteiger partial charge >= 0.3 is 0 Å². The molecule has 0 spiro atoms. The lowest BCUT2D eigenvalue weighted by atomic mass is 9.89. The topological polar surface area (TPSA) is 9.86 Å². The maximum atomic E-state index is 2.45. The fraction of sp³-hybridized carbons (Fsp3) is 0.0476. The van der Waals surface area contributed by atoms with Gasteiger partial charge in [-0.2, -0.15) is 0 Å². The molecule has 1 unspecified atom stereocenters. The van der Waals surface area contributed by atoms with E-state index in [-0.39, 0.29) is 0 Å². The largest absolute Gasteiger partial charge is 0.309 e. The molecule has 0 radical (unpaired) electrons. The summed E-state index contributed by atoms with van der Waals surface area (Å²) in [4.78, 5) is 0. The molecule has 0 fully saturated rings. The first-order chi connectivity index (χ1) is 32.7. The number of benzene rings is 10. The molecule has 0 saturated carbocycles. The van der Waals surface area contributed by atoms with Crippen molar-refractivity contribution < 1.29 is 0 Å². The van der Waals surface area contributed by atoms with E-state index < -0.39 is 0 Å². The van der Waals surface area contributed by atoms with Crippen molar-refractivity contribution in [2.45, 2.75) is 18.8 Å². The fourth-order valence-electron chi connectivity index (χ4n) is 11.3. The molecular weight excluding hydrogens is 817 g/mol. The minimum Gasteiger partial charge on any atom is -0.309 e. The summed E-state index contributed by atoms with van der Waals surface area (Å²) in [5.74, 6) is 0.338. The quantitative estimate of drug-likeness (QED) is 0.151. The molecule has 1 atom stereocenters. The van der Waals surface area contributed by atoms with Gasteiger partial charge in [0.25, 0.3) is 0 Å². The third-order valence-corrected chi connectivity index (χ3v) is 15.5. The molecule has 0 amide bonds. The Morgan fingerprint density at radius 2 is 0.864 bits per heavy atom. The van der Waals surface area contributed by atoms with Crippen LogP contribution in [-0.4, -0.2) is 9.13 Å². The van der Waals surface area contributed by atoms with Gasteiger partial charge in [0.05, 0.1) is 22.1 Å². The van der Waals surface area contributed by atoms with E-state index in [2.05, 4.69) is 234 Å². The zero-order valence-corrected chi connectivity index (χ0v) is 37.0. The number of hydrogen-bond donors (Lipinski definition) is 0. The minimum absolute atomic E-state index is 0.338. The summed E-state index contributed by atoms with van der Waals surface area (Å²) in [6, 6.07) is 83.7. The van der Waals surface area contributed by atoms with E-state index in [1.54, 1.807) is 0 Å². The minimum atomic E-state index is 0.338. The number of aromatic nitrogens is 2. The first kappa shape index (κ1) is 37.4. The maximum absolute atomic E-state index is 2.45. The van der Waals surface area contributed by atoms with Gasteiger partial charge in [0, 0.05) is 59.0 Å². The second-order valence-electron chi connectivity index (χ2n) is 18.0. The molecule has 14 rings (SSSR count). The average molecular weight is 859 g/mol. The molecule has 3 heterocycles. The van der Waals surface area contributed by atoms with Crippen molar-refractivity contribution in [1.29, 1.82) is 0 Å². The Bertz CT molecular complexity index is 4030. The summed E-state index contributed by atoms with van der Waals surface area (Å²) in [7, 11) is 0. The summed E-state index contributed by atoms with van der Waals surface area (Å²) in [6.45, 7) is 0. The molecule has 2 nitrogen and oxygen atoms in total. The van der Waals surface area contributed by atoms with Gasteiger partial charge in [-0.15, -0.1) is 11.3 Å². The van der Waals surface area contributed by atoms with Crippen LogP contribution in [0.4, 0.5) is 0 Å². The summed E-state index contributed by atoms with van der Waals surface area (Å²) in [6.07, 6.45) is 2.04. The molecule has 0 aliphatic heterocycles. The molecule has 0 saturated heterocycles. The molecule has 3 aromatic heterocycles. The first-order valence-corrected chi connectivity index (χ1v) is 23.9. The third-order valence-electron chi connectivity index (χ3n) is 14.3. The fourth-order valence-corrected chi connectivity index (χ4v) is 12.4. The smallest absolute Gasteiger partial charge is 0.0541 e. The van der Waals surface area contributed by atoms with Crippen molar-refractivity contribution in [2.24, 2.45) is 0 Å². The predicted molar refractivity (Wildman–Crippen MR) is 281 cm³/mol. The summed E-state index contributed by atoms with van der Waals surface area (Å²) < 4.78 is 7.54. The lowest BCUT2D eigenvalue weighted by Crippen LogP contribution is -2.00. The molecule has 0 bridgehead atoms. The Balaban J connectivity index is 0.799. The Kier molecular flexibility index (Phi) is 8.38. The number of thiophene rings is 1. The molecule has 1 aliphatic rings.